The van der Waals surface area contributed by atoms with Crippen LogP contribution in [0.4, 0.5) is 11.5 Å². The highest BCUT2D eigenvalue weighted by Crippen LogP contribution is 2.47. The molecule has 1 aliphatic carbocycles. The second-order valence-electron chi connectivity index (χ2n) is 13.8. The van der Waals surface area contributed by atoms with Crippen molar-refractivity contribution in [3.63, 3.8) is 0 Å². The SMILES string of the molecule is COc1nc(-c2cccc(-c3cccc(Nc4nc(C)cc5c4c(=O)n(C)c(=O)n5C)c3Cl)c2C)cc2c1C(N1CC3(CNC(=O)CO3)C1)CC2. The molecule has 51 heavy (non-hydrogen) atoms. The van der Waals surface area contributed by atoms with Gasteiger partial charge in [-0.2, -0.15) is 0 Å². The molecular formula is C38H38ClN7O5. The molecule has 0 radical (unpaired) electrons. The fourth-order valence-electron chi connectivity index (χ4n) is 7.91. The predicted molar refractivity (Wildman–Crippen MR) is 196 cm³/mol. The number of pyridine rings is 2. The first-order valence-electron chi connectivity index (χ1n) is 16.9. The summed E-state index contributed by atoms with van der Waals surface area (Å²) in [6.07, 6.45) is 1.87. The molecule has 3 aliphatic rings. The summed E-state index contributed by atoms with van der Waals surface area (Å²) < 4.78 is 14.4. The Morgan fingerprint density at radius 2 is 1.75 bits per heavy atom. The maximum Gasteiger partial charge on any atom is 0.330 e. The highest BCUT2D eigenvalue weighted by Gasteiger charge is 2.50. The van der Waals surface area contributed by atoms with Crippen LogP contribution in [0, 0.1) is 13.8 Å². The molecule has 5 heterocycles. The Morgan fingerprint density at radius 1 is 1.00 bits per heavy atom. The number of hydrogen-bond acceptors (Lipinski definition) is 9. The van der Waals surface area contributed by atoms with Crippen molar-refractivity contribution in [1.82, 2.24) is 29.3 Å². The molecule has 3 aromatic heterocycles. The molecule has 1 spiro atoms. The van der Waals surface area contributed by atoms with E-state index in [0.717, 1.165) is 64.0 Å². The molecule has 2 N–H and O–H groups in total. The minimum atomic E-state index is -0.440. The van der Waals surface area contributed by atoms with Crippen LogP contribution in [0.15, 0.2) is 58.1 Å². The third-order valence-corrected chi connectivity index (χ3v) is 11.0. The zero-order valence-corrected chi connectivity index (χ0v) is 29.8. The van der Waals surface area contributed by atoms with Crippen molar-refractivity contribution in [3.8, 4) is 28.3 Å². The average Bonchev–Trinajstić information content (AvgIpc) is 3.53. The lowest BCUT2D eigenvalue weighted by atomic mass is 9.89. The van der Waals surface area contributed by atoms with Crippen LogP contribution in [0.5, 0.6) is 5.88 Å². The minimum Gasteiger partial charge on any atom is -0.481 e. The minimum absolute atomic E-state index is 0.0637. The molecule has 5 aromatic rings. The second kappa shape index (κ2) is 12.3. The first kappa shape index (κ1) is 33.1. The molecule has 2 aromatic carbocycles. The monoisotopic (exact) mass is 707 g/mol. The van der Waals surface area contributed by atoms with Gasteiger partial charge in [0.25, 0.3) is 5.56 Å². The number of likely N-dealkylation sites (tertiary alicyclic amines) is 1. The molecule has 1 unspecified atom stereocenters. The number of methoxy groups -OCH3 is 1. The topological polar surface area (TPSA) is 133 Å². The number of ether oxygens (including phenoxy) is 2. The van der Waals surface area contributed by atoms with Gasteiger partial charge in [-0.15, -0.1) is 0 Å². The molecular weight excluding hydrogens is 670 g/mol. The van der Waals surface area contributed by atoms with Gasteiger partial charge in [-0.3, -0.25) is 23.6 Å². The van der Waals surface area contributed by atoms with Crippen LogP contribution in [0.25, 0.3) is 33.3 Å². The molecule has 12 nitrogen and oxygen atoms in total. The Morgan fingerprint density at radius 3 is 2.49 bits per heavy atom. The van der Waals surface area contributed by atoms with Crippen molar-refractivity contribution in [2.45, 2.75) is 38.3 Å². The van der Waals surface area contributed by atoms with E-state index in [1.165, 1.54) is 17.2 Å². The van der Waals surface area contributed by atoms with E-state index in [1.54, 1.807) is 20.2 Å². The van der Waals surface area contributed by atoms with Gasteiger partial charge in [-0.25, -0.2) is 14.8 Å². The van der Waals surface area contributed by atoms with Crippen LogP contribution in [-0.2, 0) is 30.0 Å². The van der Waals surface area contributed by atoms with E-state index in [9.17, 15) is 14.4 Å². The molecule has 13 heteroatoms. The van der Waals surface area contributed by atoms with Crippen LogP contribution in [0.1, 0.15) is 34.8 Å². The molecule has 1 atom stereocenters. The maximum atomic E-state index is 13.3. The van der Waals surface area contributed by atoms with Crippen molar-refractivity contribution in [2.24, 2.45) is 14.1 Å². The molecule has 8 rings (SSSR count). The molecule has 2 saturated heterocycles. The van der Waals surface area contributed by atoms with E-state index >= 15 is 0 Å². The van der Waals surface area contributed by atoms with Gasteiger partial charge >= 0.3 is 5.69 Å². The molecule has 2 aliphatic heterocycles. The number of benzene rings is 2. The molecule has 262 valence electrons. The molecule has 0 saturated carbocycles. The number of aryl methyl sites for hydroxylation is 3. The number of hydrogen-bond donors (Lipinski definition) is 2. The Kier molecular flexibility index (Phi) is 8.01. The first-order valence-corrected chi connectivity index (χ1v) is 17.3. The van der Waals surface area contributed by atoms with Crippen molar-refractivity contribution < 1.29 is 14.3 Å². The van der Waals surface area contributed by atoms with Gasteiger partial charge < -0.3 is 20.1 Å². The number of halogens is 1. The summed E-state index contributed by atoms with van der Waals surface area (Å²) in [5.74, 6) is 0.885. The summed E-state index contributed by atoms with van der Waals surface area (Å²) in [6.45, 7) is 6.04. The normalized spacial score (nSPS) is 18.1. The lowest BCUT2D eigenvalue weighted by Crippen LogP contribution is -2.70. The van der Waals surface area contributed by atoms with Gasteiger partial charge in [0.1, 0.15) is 23.4 Å². The summed E-state index contributed by atoms with van der Waals surface area (Å²) in [7, 11) is 4.76. The number of carbonyl (C=O) groups is 1. The van der Waals surface area contributed by atoms with E-state index in [4.69, 9.17) is 26.1 Å². The number of aromatic nitrogens is 4. The zero-order chi connectivity index (χ0) is 35.8. The number of nitrogens with zero attached hydrogens (tertiary/aromatic N) is 5. The number of anilines is 2. The van der Waals surface area contributed by atoms with Crippen LogP contribution >= 0.6 is 11.6 Å². The Hall–Kier alpha value is -5.04. The van der Waals surface area contributed by atoms with Gasteiger partial charge in [-0.1, -0.05) is 41.9 Å². The van der Waals surface area contributed by atoms with E-state index in [2.05, 4.69) is 39.6 Å². The van der Waals surface area contributed by atoms with E-state index in [-0.39, 0.29) is 24.2 Å². The molecule has 0 bridgehead atoms. The summed E-state index contributed by atoms with van der Waals surface area (Å²) in [5, 5.41) is 7.01. The zero-order valence-electron chi connectivity index (χ0n) is 29.1. The number of amides is 1. The van der Waals surface area contributed by atoms with Crippen LogP contribution in [0.2, 0.25) is 5.02 Å². The van der Waals surface area contributed by atoms with Gasteiger partial charge in [0.2, 0.25) is 11.8 Å². The molecule has 2 fully saturated rings. The van der Waals surface area contributed by atoms with Crippen molar-refractivity contribution in [3.05, 3.63) is 96.8 Å². The smallest absolute Gasteiger partial charge is 0.330 e. The van der Waals surface area contributed by atoms with Crippen LogP contribution in [0.3, 0.4) is 0 Å². The van der Waals surface area contributed by atoms with Gasteiger partial charge in [0.05, 0.1) is 29.0 Å². The highest BCUT2D eigenvalue weighted by atomic mass is 35.5. The third-order valence-electron chi connectivity index (χ3n) is 10.6. The van der Waals surface area contributed by atoms with Crippen LogP contribution in [-0.4, -0.2) is 68.9 Å². The second-order valence-corrected chi connectivity index (χ2v) is 14.2. The third kappa shape index (κ3) is 5.40. The van der Waals surface area contributed by atoms with Gasteiger partial charge in [0.15, 0.2) is 0 Å². The van der Waals surface area contributed by atoms with E-state index in [0.29, 0.717) is 45.5 Å². The summed E-state index contributed by atoms with van der Waals surface area (Å²) in [4.78, 5) is 49.6. The summed E-state index contributed by atoms with van der Waals surface area (Å²) >= 11 is 7.13. The molecule has 1 amide bonds. The lowest BCUT2D eigenvalue weighted by Gasteiger charge is -2.53. The number of fused-ring (bicyclic) bond motifs is 2. The average molecular weight is 708 g/mol. The predicted octanol–water partition coefficient (Wildman–Crippen LogP) is 4.57. The fourth-order valence-corrected chi connectivity index (χ4v) is 8.19. The Balaban J connectivity index is 1.12. The highest BCUT2D eigenvalue weighted by molar-refractivity contribution is 6.36. The largest absolute Gasteiger partial charge is 0.481 e. The number of morpholine rings is 1. The van der Waals surface area contributed by atoms with Crippen molar-refractivity contribution in [1.29, 1.82) is 0 Å². The summed E-state index contributed by atoms with van der Waals surface area (Å²) in [5.41, 5.74) is 7.42. The van der Waals surface area contributed by atoms with Crippen molar-refractivity contribution >= 4 is 39.9 Å². The van der Waals surface area contributed by atoms with E-state index in [1.807, 2.05) is 37.3 Å². The number of rotatable bonds is 6. The lowest BCUT2D eigenvalue weighted by molar-refractivity contribution is -0.179. The number of carbonyl (C=O) groups excluding carboxylic acids is 1. The fraction of sp³-hybridized carbons (Fsp3) is 0.342. The summed E-state index contributed by atoms with van der Waals surface area (Å²) in [6, 6.07) is 15.9. The van der Waals surface area contributed by atoms with Crippen LogP contribution < -0.4 is 26.6 Å². The first-order chi connectivity index (χ1) is 24.5. The van der Waals surface area contributed by atoms with E-state index < -0.39 is 11.2 Å². The quantitative estimate of drug-likeness (QED) is 0.261. The maximum absolute atomic E-state index is 13.3. The Labute approximate surface area is 299 Å². The van der Waals surface area contributed by atoms with Crippen molar-refractivity contribution in [2.75, 3.05) is 38.7 Å². The number of nitrogens with one attached hydrogen (secondary N) is 2. The standard InChI is InChI=1S/C38H38ClN7O5/c1-20-14-29-32(36(48)45(4)37(49)44(29)3)34(41-20)42-26-11-7-10-25(33(26)39)23-8-6-9-24(21(23)2)27-15-22-12-13-28(31(22)35(43-27)50-5)46-18-38(19-46)17-40-30(47)16-51-38/h6-11,14-15,28H,12-13,16-19H2,1-5H3,(H,40,47)(H,41,42). The Bertz CT molecular complexity index is 2390. The van der Waals surface area contributed by atoms with Gasteiger partial charge in [-0.05, 0) is 61.6 Å². The van der Waals surface area contributed by atoms with Gasteiger partial charge in [0, 0.05) is 62.2 Å².